The van der Waals surface area contributed by atoms with Gasteiger partial charge in [0.2, 0.25) is 11.8 Å². The van der Waals surface area contributed by atoms with Crippen molar-refractivity contribution in [3.63, 3.8) is 0 Å². The molecule has 3 rings (SSSR count). The number of rotatable bonds is 6. The van der Waals surface area contributed by atoms with E-state index in [0.717, 1.165) is 36.0 Å². The number of hydrogen-bond acceptors (Lipinski definition) is 6. The predicted octanol–water partition coefficient (Wildman–Crippen LogP) is 2.37. The quantitative estimate of drug-likeness (QED) is 0.440. The highest BCUT2D eigenvalue weighted by Gasteiger charge is 2.35. The molecule has 0 bridgehead atoms. The normalized spacial score (nSPS) is 16.4. The molecule has 0 aromatic heterocycles. The summed E-state index contributed by atoms with van der Waals surface area (Å²) in [6.07, 6.45) is 2.09. The molecule has 0 radical (unpaired) electrons. The van der Waals surface area contributed by atoms with E-state index in [1.165, 1.54) is 6.07 Å². The lowest BCUT2D eigenvalue weighted by molar-refractivity contribution is -0.384. The van der Waals surface area contributed by atoms with Crippen LogP contribution < -0.4 is 10.3 Å². The lowest BCUT2D eigenvalue weighted by Crippen LogP contribution is -2.30. The standard InChI is InChI=1S/C20H20N4O5/c1-2-13-3-5-16(6-4-13)23-12-15(10-19(23)26)20(27)22-21-11-14-9-17(24(28)29)7-8-18(14)25/h3-9,11,15,25H,2,10,12H2,1H3,(H,22,27)/b21-11+/t15-/m0/s1. The van der Waals surface area contributed by atoms with Crippen molar-refractivity contribution in [3.05, 3.63) is 63.7 Å². The number of hydrogen-bond donors (Lipinski definition) is 2. The zero-order valence-corrected chi connectivity index (χ0v) is 15.7. The third-order valence-electron chi connectivity index (χ3n) is 4.75. The highest BCUT2D eigenvalue weighted by Crippen LogP contribution is 2.26. The Morgan fingerprint density at radius 2 is 2.07 bits per heavy atom. The van der Waals surface area contributed by atoms with Crippen LogP contribution in [0.4, 0.5) is 11.4 Å². The summed E-state index contributed by atoms with van der Waals surface area (Å²) in [5, 5.41) is 24.3. The second-order valence-corrected chi connectivity index (χ2v) is 6.66. The summed E-state index contributed by atoms with van der Waals surface area (Å²) in [5.41, 5.74) is 4.12. The number of phenolic OH excluding ortho intramolecular Hbond substituents is 1. The number of carbonyl (C=O) groups excluding carboxylic acids is 2. The lowest BCUT2D eigenvalue weighted by Gasteiger charge is -2.16. The summed E-state index contributed by atoms with van der Waals surface area (Å²) in [5.74, 6) is -1.35. The van der Waals surface area contributed by atoms with Crippen molar-refractivity contribution in [1.82, 2.24) is 5.43 Å². The summed E-state index contributed by atoms with van der Waals surface area (Å²) in [7, 11) is 0. The van der Waals surface area contributed by atoms with Gasteiger partial charge in [-0.2, -0.15) is 5.10 Å². The van der Waals surface area contributed by atoms with Gasteiger partial charge in [-0.3, -0.25) is 19.7 Å². The van der Waals surface area contributed by atoms with Crippen molar-refractivity contribution in [2.75, 3.05) is 11.4 Å². The summed E-state index contributed by atoms with van der Waals surface area (Å²) in [6, 6.07) is 11.1. The van der Waals surface area contributed by atoms with Crippen LogP contribution in [0, 0.1) is 16.0 Å². The SMILES string of the molecule is CCc1ccc(N2C[C@@H](C(=O)N/N=C/c3cc([N+](=O)[O-])ccc3O)CC2=O)cc1. The molecule has 2 aromatic carbocycles. The molecule has 9 heteroatoms. The Morgan fingerprint density at radius 1 is 1.34 bits per heavy atom. The first-order chi connectivity index (χ1) is 13.9. The molecule has 0 saturated carbocycles. The van der Waals surface area contributed by atoms with Crippen LogP contribution in [0.2, 0.25) is 0 Å². The Kier molecular flexibility index (Phi) is 5.87. The van der Waals surface area contributed by atoms with Gasteiger partial charge < -0.3 is 10.0 Å². The molecule has 29 heavy (non-hydrogen) atoms. The van der Waals surface area contributed by atoms with Crippen molar-refractivity contribution >= 4 is 29.4 Å². The highest BCUT2D eigenvalue weighted by molar-refractivity contribution is 6.00. The van der Waals surface area contributed by atoms with Gasteiger partial charge in [-0.25, -0.2) is 5.43 Å². The van der Waals surface area contributed by atoms with Gasteiger partial charge in [0.05, 0.1) is 17.1 Å². The van der Waals surface area contributed by atoms with Crippen LogP contribution in [0.25, 0.3) is 0 Å². The van der Waals surface area contributed by atoms with Crippen LogP contribution in [0.1, 0.15) is 24.5 Å². The average molecular weight is 396 g/mol. The van der Waals surface area contributed by atoms with E-state index >= 15 is 0 Å². The molecule has 2 amide bonds. The average Bonchev–Trinajstić information content (AvgIpc) is 3.11. The van der Waals surface area contributed by atoms with Crippen LogP contribution in [-0.4, -0.2) is 34.6 Å². The number of hydrazone groups is 1. The van der Waals surface area contributed by atoms with Crippen molar-refractivity contribution in [2.45, 2.75) is 19.8 Å². The number of nitrogens with one attached hydrogen (secondary N) is 1. The minimum atomic E-state index is -0.596. The Hall–Kier alpha value is -3.75. The van der Waals surface area contributed by atoms with Gasteiger partial charge in [-0.05, 0) is 30.2 Å². The van der Waals surface area contributed by atoms with E-state index in [4.69, 9.17) is 0 Å². The van der Waals surface area contributed by atoms with Crippen LogP contribution in [0.5, 0.6) is 5.75 Å². The number of aromatic hydroxyl groups is 1. The van der Waals surface area contributed by atoms with Crippen LogP contribution >= 0.6 is 0 Å². The number of nitro benzene ring substituents is 1. The van der Waals surface area contributed by atoms with E-state index in [1.807, 2.05) is 31.2 Å². The predicted molar refractivity (Wildman–Crippen MR) is 107 cm³/mol. The summed E-state index contributed by atoms with van der Waals surface area (Å²) in [4.78, 5) is 36.4. The maximum absolute atomic E-state index is 12.3. The first-order valence-corrected chi connectivity index (χ1v) is 9.08. The first kappa shape index (κ1) is 20.0. The highest BCUT2D eigenvalue weighted by atomic mass is 16.6. The van der Waals surface area contributed by atoms with Crippen LogP contribution in [-0.2, 0) is 16.0 Å². The van der Waals surface area contributed by atoms with Gasteiger partial charge in [-0.1, -0.05) is 19.1 Å². The fourth-order valence-electron chi connectivity index (χ4n) is 3.06. The molecule has 9 nitrogen and oxygen atoms in total. The molecule has 1 aliphatic heterocycles. The fraction of sp³-hybridized carbons (Fsp3) is 0.250. The Balaban J connectivity index is 1.63. The molecular formula is C20H20N4O5. The fourth-order valence-corrected chi connectivity index (χ4v) is 3.06. The van der Waals surface area contributed by atoms with Gasteiger partial charge in [0, 0.05) is 36.3 Å². The maximum atomic E-state index is 12.3. The van der Waals surface area contributed by atoms with Crippen molar-refractivity contribution in [1.29, 1.82) is 0 Å². The molecular weight excluding hydrogens is 376 g/mol. The number of aryl methyl sites for hydroxylation is 1. The molecule has 0 unspecified atom stereocenters. The Morgan fingerprint density at radius 3 is 2.72 bits per heavy atom. The third-order valence-corrected chi connectivity index (χ3v) is 4.75. The number of nitrogens with zero attached hydrogens (tertiary/aromatic N) is 3. The van der Waals surface area contributed by atoms with E-state index in [2.05, 4.69) is 10.5 Å². The number of anilines is 1. The van der Waals surface area contributed by atoms with Gasteiger partial charge in [-0.15, -0.1) is 0 Å². The zero-order valence-electron chi connectivity index (χ0n) is 15.7. The molecule has 1 fully saturated rings. The number of amides is 2. The van der Waals surface area contributed by atoms with Gasteiger partial charge in [0.1, 0.15) is 5.75 Å². The number of nitro groups is 1. The zero-order chi connectivity index (χ0) is 21.0. The molecule has 1 saturated heterocycles. The molecule has 1 heterocycles. The van der Waals surface area contributed by atoms with E-state index in [9.17, 15) is 24.8 Å². The van der Waals surface area contributed by atoms with E-state index in [-0.39, 0.29) is 35.9 Å². The second kappa shape index (κ2) is 8.51. The van der Waals surface area contributed by atoms with Crippen LogP contribution in [0.3, 0.4) is 0 Å². The Labute approximate surface area is 166 Å². The molecule has 0 aliphatic carbocycles. The summed E-state index contributed by atoms with van der Waals surface area (Å²) in [6.45, 7) is 2.29. The van der Waals surface area contributed by atoms with Gasteiger partial charge in [0.25, 0.3) is 5.69 Å². The third kappa shape index (κ3) is 4.57. The number of carbonyl (C=O) groups is 2. The summed E-state index contributed by atoms with van der Waals surface area (Å²) >= 11 is 0. The summed E-state index contributed by atoms with van der Waals surface area (Å²) < 4.78 is 0. The van der Waals surface area contributed by atoms with Gasteiger partial charge in [0.15, 0.2) is 0 Å². The largest absolute Gasteiger partial charge is 0.507 e. The molecule has 2 N–H and O–H groups in total. The second-order valence-electron chi connectivity index (χ2n) is 6.66. The van der Waals surface area contributed by atoms with Crippen molar-refractivity contribution < 1.29 is 19.6 Å². The Bertz CT molecular complexity index is 971. The smallest absolute Gasteiger partial charge is 0.270 e. The monoisotopic (exact) mass is 396 g/mol. The lowest BCUT2D eigenvalue weighted by atomic mass is 10.1. The molecule has 0 spiro atoms. The van der Waals surface area contributed by atoms with Crippen LogP contribution in [0.15, 0.2) is 47.6 Å². The minimum absolute atomic E-state index is 0.0684. The number of benzene rings is 2. The van der Waals surface area contributed by atoms with E-state index < -0.39 is 16.7 Å². The maximum Gasteiger partial charge on any atom is 0.270 e. The van der Waals surface area contributed by atoms with E-state index in [1.54, 1.807) is 4.90 Å². The number of phenols is 1. The first-order valence-electron chi connectivity index (χ1n) is 9.08. The number of non-ortho nitro benzene ring substituents is 1. The topological polar surface area (TPSA) is 125 Å². The van der Waals surface area contributed by atoms with Crippen molar-refractivity contribution in [3.8, 4) is 5.75 Å². The van der Waals surface area contributed by atoms with E-state index in [0.29, 0.717) is 0 Å². The molecule has 1 atom stereocenters. The molecule has 150 valence electrons. The molecule has 2 aromatic rings. The van der Waals surface area contributed by atoms with Crippen molar-refractivity contribution in [2.24, 2.45) is 11.0 Å². The minimum Gasteiger partial charge on any atom is -0.507 e. The molecule has 1 aliphatic rings. The van der Waals surface area contributed by atoms with Gasteiger partial charge >= 0.3 is 0 Å².